The van der Waals surface area contributed by atoms with Crippen molar-refractivity contribution in [2.75, 3.05) is 11.1 Å². The molecule has 1 aliphatic rings. The number of pyridine rings is 1. The van der Waals surface area contributed by atoms with Gasteiger partial charge in [0.1, 0.15) is 5.82 Å². The van der Waals surface area contributed by atoms with Crippen LogP contribution in [0.4, 0.5) is 34.1 Å². The Bertz CT molecular complexity index is 1220. The van der Waals surface area contributed by atoms with E-state index in [0.29, 0.717) is 29.5 Å². The van der Waals surface area contributed by atoms with Gasteiger partial charge in [0.2, 0.25) is 5.91 Å². The maximum atomic E-state index is 13.3. The second-order valence-electron chi connectivity index (χ2n) is 7.98. The lowest BCUT2D eigenvalue weighted by atomic mass is 9.98. The molecule has 1 amide bonds. The van der Waals surface area contributed by atoms with Gasteiger partial charge in [-0.2, -0.15) is 13.2 Å². The number of hydrogen-bond donors (Lipinski definition) is 3. The second-order valence-corrected chi connectivity index (χ2v) is 9.04. The molecule has 1 aromatic carbocycles. The van der Waals surface area contributed by atoms with Crippen molar-refractivity contribution in [1.82, 2.24) is 15.3 Å². The highest BCUT2D eigenvalue weighted by Gasteiger charge is 2.51. The minimum absolute atomic E-state index is 0.0654. The Labute approximate surface area is 195 Å². The van der Waals surface area contributed by atoms with Crippen LogP contribution in [0.15, 0.2) is 42.7 Å². The van der Waals surface area contributed by atoms with Crippen molar-refractivity contribution in [1.29, 1.82) is 0 Å². The Morgan fingerprint density at radius 1 is 1.12 bits per heavy atom. The number of halogens is 4. The molecule has 0 saturated heterocycles. The summed E-state index contributed by atoms with van der Waals surface area (Å²) in [5, 5.41) is 5.64. The summed E-state index contributed by atoms with van der Waals surface area (Å²) in [6, 6.07) is 5.40. The van der Waals surface area contributed by atoms with Gasteiger partial charge in [0.25, 0.3) is 0 Å². The van der Waals surface area contributed by atoms with E-state index in [4.69, 9.17) is 5.73 Å². The van der Waals surface area contributed by atoms with E-state index in [1.807, 2.05) is 0 Å². The summed E-state index contributed by atoms with van der Waals surface area (Å²) in [5.74, 6) is -1.44. The first-order chi connectivity index (χ1) is 16.1. The molecule has 12 heteroatoms. The van der Waals surface area contributed by atoms with Crippen LogP contribution < -0.4 is 16.4 Å². The number of nitrogens with one attached hydrogen (secondary N) is 2. The number of carbonyl (C=O) groups excluding carboxylic acids is 2. The molecule has 0 aliphatic heterocycles. The van der Waals surface area contributed by atoms with Crippen LogP contribution >= 0.6 is 11.3 Å². The largest absolute Gasteiger partial charge is 0.418 e. The normalized spacial score (nSPS) is 14.5. The Balaban J connectivity index is 1.35. The smallest absolute Gasteiger partial charge is 0.375 e. The molecule has 178 valence electrons. The molecule has 1 aliphatic carbocycles. The van der Waals surface area contributed by atoms with Gasteiger partial charge < -0.3 is 16.4 Å². The van der Waals surface area contributed by atoms with Crippen LogP contribution in [0.5, 0.6) is 0 Å². The number of nitrogens with zero attached hydrogens (tertiary/aromatic N) is 2. The maximum absolute atomic E-state index is 13.3. The average molecular weight is 493 g/mol. The molecular weight excluding hydrogens is 474 g/mol. The summed E-state index contributed by atoms with van der Waals surface area (Å²) in [6.45, 7) is 0.0902. The van der Waals surface area contributed by atoms with Gasteiger partial charge in [-0.3, -0.25) is 14.6 Å². The van der Waals surface area contributed by atoms with Gasteiger partial charge in [-0.15, -0.1) is 0 Å². The molecule has 4 N–H and O–H groups in total. The van der Waals surface area contributed by atoms with Crippen molar-refractivity contribution in [3.05, 3.63) is 64.7 Å². The molecule has 4 rings (SSSR count). The van der Waals surface area contributed by atoms with E-state index >= 15 is 0 Å². The Kier molecular flexibility index (Phi) is 6.26. The first kappa shape index (κ1) is 23.6. The van der Waals surface area contributed by atoms with E-state index in [9.17, 15) is 27.2 Å². The second kappa shape index (κ2) is 9.01. The highest BCUT2D eigenvalue weighted by molar-refractivity contribution is 7.17. The minimum Gasteiger partial charge on any atom is -0.375 e. The van der Waals surface area contributed by atoms with Gasteiger partial charge >= 0.3 is 6.18 Å². The molecule has 0 bridgehead atoms. The molecule has 2 heterocycles. The van der Waals surface area contributed by atoms with Crippen LogP contribution in [0.1, 0.15) is 40.2 Å². The van der Waals surface area contributed by atoms with Crippen LogP contribution in [0.25, 0.3) is 0 Å². The predicted octanol–water partition coefficient (Wildman–Crippen LogP) is 4.69. The first-order valence-corrected chi connectivity index (χ1v) is 11.0. The van der Waals surface area contributed by atoms with Crippen LogP contribution in [-0.2, 0) is 17.5 Å². The fourth-order valence-corrected chi connectivity index (χ4v) is 4.04. The molecule has 1 saturated carbocycles. The molecule has 0 unspecified atom stereocenters. The van der Waals surface area contributed by atoms with Crippen molar-refractivity contribution in [3.63, 3.8) is 0 Å². The van der Waals surface area contributed by atoms with Gasteiger partial charge in [0.15, 0.2) is 10.9 Å². The number of anilines is 3. The monoisotopic (exact) mass is 493 g/mol. The molecule has 7 nitrogen and oxygen atoms in total. The zero-order chi connectivity index (χ0) is 24.5. The number of thiazole rings is 1. The number of alkyl halides is 3. The van der Waals surface area contributed by atoms with E-state index in [1.165, 1.54) is 18.5 Å². The molecule has 2 aromatic heterocycles. The molecule has 0 radical (unpaired) electrons. The number of Topliss-reactive ketones (excluding diaryl/α,β-unsaturated/α-hetero) is 1. The van der Waals surface area contributed by atoms with Gasteiger partial charge in [0.05, 0.1) is 51.9 Å². The third kappa shape index (κ3) is 5.33. The summed E-state index contributed by atoms with van der Waals surface area (Å²) < 4.78 is 52.7. The minimum atomic E-state index is -4.73. The van der Waals surface area contributed by atoms with Crippen LogP contribution in [0.2, 0.25) is 0 Å². The van der Waals surface area contributed by atoms with Crippen molar-refractivity contribution in [2.24, 2.45) is 5.41 Å². The summed E-state index contributed by atoms with van der Waals surface area (Å²) in [4.78, 5) is 33.5. The van der Waals surface area contributed by atoms with E-state index in [-0.39, 0.29) is 41.2 Å². The van der Waals surface area contributed by atoms with Crippen LogP contribution in [-0.4, -0.2) is 21.7 Å². The summed E-state index contributed by atoms with van der Waals surface area (Å²) in [7, 11) is 0. The summed E-state index contributed by atoms with van der Waals surface area (Å²) >= 11 is 1.08. The van der Waals surface area contributed by atoms with E-state index in [2.05, 4.69) is 20.6 Å². The molecule has 0 spiro atoms. The SMILES string of the molecule is Nc1ncc(C(=O)CC2(C(=O)NCc3ccc(Nc4ccc(F)cc4C(F)(F)F)cn3)CC2)s1. The molecule has 0 atom stereocenters. The molecule has 3 aromatic rings. The average Bonchev–Trinajstić information content (AvgIpc) is 3.44. The highest BCUT2D eigenvalue weighted by Crippen LogP contribution is 2.50. The Hall–Kier alpha value is -3.54. The topological polar surface area (TPSA) is 110 Å². The highest BCUT2D eigenvalue weighted by atomic mass is 32.1. The number of benzene rings is 1. The van der Waals surface area contributed by atoms with Gasteiger partial charge in [-0.1, -0.05) is 11.3 Å². The zero-order valence-electron chi connectivity index (χ0n) is 17.6. The maximum Gasteiger partial charge on any atom is 0.418 e. The van der Waals surface area contributed by atoms with Gasteiger partial charge in [-0.25, -0.2) is 9.37 Å². The number of carbonyl (C=O) groups is 2. The van der Waals surface area contributed by atoms with E-state index in [1.54, 1.807) is 6.07 Å². The van der Waals surface area contributed by atoms with Gasteiger partial charge in [0, 0.05) is 6.42 Å². The number of rotatable bonds is 8. The number of nitrogens with two attached hydrogens (primary N) is 1. The summed E-state index contributed by atoms with van der Waals surface area (Å²) in [6.07, 6.45) is -0.761. The fraction of sp³-hybridized carbons (Fsp3) is 0.273. The third-order valence-electron chi connectivity index (χ3n) is 5.45. The van der Waals surface area contributed by atoms with E-state index < -0.39 is 23.0 Å². The van der Waals surface area contributed by atoms with Crippen molar-refractivity contribution < 1.29 is 27.2 Å². The fourth-order valence-electron chi connectivity index (χ4n) is 3.42. The first-order valence-electron chi connectivity index (χ1n) is 10.2. The number of amides is 1. The number of nitrogen functional groups attached to an aromatic ring is 1. The van der Waals surface area contributed by atoms with Crippen molar-refractivity contribution >= 4 is 39.5 Å². The number of aromatic nitrogens is 2. The lowest BCUT2D eigenvalue weighted by Gasteiger charge is -2.15. The Morgan fingerprint density at radius 2 is 1.88 bits per heavy atom. The van der Waals surface area contributed by atoms with Crippen LogP contribution in [0.3, 0.4) is 0 Å². The lowest BCUT2D eigenvalue weighted by molar-refractivity contribution is -0.137. The quantitative estimate of drug-likeness (QED) is 0.310. The number of hydrogen-bond acceptors (Lipinski definition) is 7. The van der Waals surface area contributed by atoms with Crippen molar-refractivity contribution in [2.45, 2.75) is 32.0 Å². The summed E-state index contributed by atoms with van der Waals surface area (Å²) in [5.41, 5.74) is 4.10. The van der Waals surface area contributed by atoms with Gasteiger partial charge in [-0.05, 0) is 43.2 Å². The van der Waals surface area contributed by atoms with Crippen LogP contribution in [0, 0.1) is 11.2 Å². The lowest BCUT2D eigenvalue weighted by Crippen LogP contribution is -2.33. The molecule has 34 heavy (non-hydrogen) atoms. The zero-order valence-corrected chi connectivity index (χ0v) is 18.4. The third-order valence-corrected chi connectivity index (χ3v) is 6.32. The number of ketones is 1. The van der Waals surface area contributed by atoms with Crippen molar-refractivity contribution in [3.8, 4) is 0 Å². The standard InChI is InChI=1S/C22H19F4N5O2S/c23-12-1-4-16(15(7-12)22(24,25)26)31-14-3-2-13(28-10-14)9-29-19(33)21(5-6-21)8-17(32)18-11-30-20(27)34-18/h1-4,7,10-11,31H,5-6,8-9H2,(H2,27,30)(H,29,33). The predicted molar refractivity (Wildman–Crippen MR) is 118 cm³/mol. The molecule has 1 fully saturated rings. The molecular formula is C22H19F4N5O2S. The Morgan fingerprint density at radius 3 is 2.47 bits per heavy atom. The van der Waals surface area contributed by atoms with E-state index in [0.717, 1.165) is 23.5 Å².